The van der Waals surface area contributed by atoms with E-state index >= 15 is 0 Å². The number of halogens is 3. The molecule has 0 radical (unpaired) electrons. The molecule has 1 aliphatic heterocycles. The van der Waals surface area contributed by atoms with Crippen LogP contribution in [0.3, 0.4) is 0 Å². The Hall–Kier alpha value is -2.67. The van der Waals surface area contributed by atoms with Gasteiger partial charge in [-0.05, 0) is 55.6 Å². The number of carbonyl (C=O) groups excluding carboxylic acids is 1. The fraction of sp³-hybridized carbons (Fsp3) is 0.227. The van der Waals surface area contributed by atoms with E-state index in [0.717, 1.165) is 23.4 Å². The first-order valence-electron chi connectivity index (χ1n) is 8.84. The molecular weight excluding hydrogens is 397 g/mol. The number of amides is 1. The lowest BCUT2D eigenvalue weighted by Gasteiger charge is -2.26. The van der Waals surface area contributed by atoms with Gasteiger partial charge in [-0.15, -0.1) is 11.8 Å². The number of hydrogen-bond donors (Lipinski definition) is 1. The van der Waals surface area contributed by atoms with Crippen LogP contribution in [0.25, 0.3) is 0 Å². The number of thioether (sulfide) groups is 1. The second-order valence-electron chi connectivity index (χ2n) is 5.98. The zero-order valence-corrected chi connectivity index (χ0v) is 17.5. The third-order valence-corrected chi connectivity index (χ3v) is 4.63. The zero-order valence-electron chi connectivity index (χ0n) is 16.7. The molecule has 0 unspecified atom stereocenters. The molecule has 1 N–H and O–H groups in total. The summed E-state index contributed by atoms with van der Waals surface area (Å²) >= 11 is 1.15. The van der Waals surface area contributed by atoms with Crippen LogP contribution in [-0.2, 0) is 4.79 Å². The normalized spacial score (nSPS) is 18.3. The highest BCUT2D eigenvalue weighted by atomic mass is 32.2. The Morgan fingerprint density at radius 3 is 2.66 bits per heavy atom. The van der Waals surface area contributed by atoms with E-state index in [-0.39, 0.29) is 11.2 Å². The maximum atomic E-state index is 13.9. The number of nitrogens with one attached hydrogen (secondary N) is 1. The van der Waals surface area contributed by atoms with Gasteiger partial charge in [-0.2, -0.15) is 0 Å². The van der Waals surface area contributed by atoms with Crippen LogP contribution in [0.1, 0.15) is 13.3 Å². The molecule has 0 saturated heterocycles. The van der Waals surface area contributed by atoms with Gasteiger partial charge in [0.1, 0.15) is 23.7 Å². The highest BCUT2D eigenvalue weighted by molar-refractivity contribution is 8.03. The first-order valence-corrected chi connectivity index (χ1v) is 10.1. The highest BCUT2D eigenvalue weighted by Gasteiger charge is 2.16. The molecule has 29 heavy (non-hydrogen) atoms. The van der Waals surface area contributed by atoms with E-state index in [1.165, 1.54) is 24.3 Å². The van der Waals surface area contributed by atoms with Crippen molar-refractivity contribution in [1.29, 1.82) is 0 Å². The molecule has 0 aromatic carbocycles. The molecule has 156 valence electrons. The SMILES string of the molecule is C=C/C=C(F)\C=C1C=C(/C=C(\SC)C(=O)NC(=C\F)/C(F)=C\C=C/C)CCN/1C. The van der Waals surface area contributed by atoms with E-state index in [1.54, 1.807) is 31.4 Å². The number of hydrogen-bond acceptors (Lipinski definition) is 3. The van der Waals surface area contributed by atoms with Gasteiger partial charge in [-0.1, -0.05) is 24.8 Å². The van der Waals surface area contributed by atoms with Crippen molar-refractivity contribution >= 4 is 17.7 Å². The van der Waals surface area contributed by atoms with Crippen molar-refractivity contribution in [3.8, 4) is 0 Å². The lowest BCUT2D eigenvalue weighted by Crippen LogP contribution is -2.25. The molecule has 0 atom stereocenters. The monoisotopic (exact) mass is 422 g/mol. The van der Waals surface area contributed by atoms with Crippen molar-refractivity contribution in [2.75, 3.05) is 19.8 Å². The molecule has 1 heterocycles. The number of allylic oxidation sites excluding steroid dienone is 10. The molecule has 0 aromatic rings. The van der Waals surface area contributed by atoms with Crippen molar-refractivity contribution in [3.05, 3.63) is 95.0 Å². The summed E-state index contributed by atoms with van der Waals surface area (Å²) in [4.78, 5) is 14.6. The van der Waals surface area contributed by atoms with Crippen LogP contribution in [0, 0.1) is 0 Å². The van der Waals surface area contributed by atoms with Gasteiger partial charge >= 0.3 is 0 Å². The first-order chi connectivity index (χ1) is 13.9. The predicted octanol–water partition coefficient (Wildman–Crippen LogP) is 5.78. The van der Waals surface area contributed by atoms with Crippen LogP contribution >= 0.6 is 11.8 Å². The maximum absolute atomic E-state index is 13.9. The summed E-state index contributed by atoms with van der Waals surface area (Å²) in [5.41, 5.74) is 0.891. The standard InChI is InChI=1S/C22H25F3N2OS/c1-5-7-9-19(25)20(15-23)26-22(28)21(29-4)13-16-10-11-27(3)18(12-16)14-17(24)8-6-2/h5-9,12-15H,2,10-11H2,1,3-4H3,(H,26,28)/b7-5-,17-8+,18-14+,19-9+,20-15-,21-13-. The van der Waals surface area contributed by atoms with Crippen LogP contribution in [0.2, 0.25) is 0 Å². The minimum atomic E-state index is -0.896. The smallest absolute Gasteiger partial charge is 0.262 e. The van der Waals surface area contributed by atoms with Crippen molar-refractivity contribution in [2.24, 2.45) is 0 Å². The van der Waals surface area contributed by atoms with E-state index in [2.05, 4.69) is 11.9 Å². The minimum Gasteiger partial charge on any atom is -0.374 e. The zero-order chi connectivity index (χ0) is 21.8. The Morgan fingerprint density at radius 1 is 1.34 bits per heavy atom. The van der Waals surface area contributed by atoms with Gasteiger partial charge < -0.3 is 10.2 Å². The van der Waals surface area contributed by atoms with E-state index in [1.807, 2.05) is 11.9 Å². The number of likely N-dealkylation sites (N-methyl/N-ethyl adjacent to an activating group) is 1. The minimum absolute atomic E-state index is 0.00950. The van der Waals surface area contributed by atoms with E-state index < -0.39 is 23.3 Å². The fourth-order valence-corrected chi connectivity index (χ4v) is 2.85. The van der Waals surface area contributed by atoms with Crippen molar-refractivity contribution < 1.29 is 18.0 Å². The Labute approximate surface area is 174 Å². The van der Waals surface area contributed by atoms with Crippen molar-refractivity contribution in [3.63, 3.8) is 0 Å². The highest BCUT2D eigenvalue weighted by Crippen LogP contribution is 2.24. The molecule has 1 rings (SSSR count). The van der Waals surface area contributed by atoms with Crippen LogP contribution in [-0.4, -0.2) is 30.7 Å². The summed E-state index contributed by atoms with van der Waals surface area (Å²) in [6.45, 7) is 5.78. The average Bonchev–Trinajstić information content (AvgIpc) is 2.70. The Kier molecular flexibility index (Phi) is 10.7. The maximum Gasteiger partial charge on any atom is 0.262 e. The van der Waals surface area contributed by atoms with Gasteiger partial charge in [0.05, 0.1) is 4.91 Å². The lowest BCUT2D eigenvalue weighted by molar-refractivity contribution is -0.116. The van der Waals surface area contributed by atoms with Crippen molar-refractivity contribution in [2.45, 2.75) is 13.3 Å². The summed E-state index contributed by atoms with van der Waals surface area (Å²) in [6.07, 6.45) is 13.7. The Bertz CT molecular complexity index is 833. The summed E-state index contributed by atoms with van der Waals surface area (Å²) in [5.74, 6) is -1.96. The molecule has 3 nitrogen and oxygen atoms in total. The van der Waals surface area contributed by atoms with E-state index in [4.69, 9.17) is 0 Å². The molecular formula is C22H25F3N2OS. The van der Waals surface area contributed by atoms with Crippen LogP contribution in [0.5, 0.6) is 0 Å². The van der Waals surface area contributed by atoms with Crippen LogP contribution < -0.4 is 5.32 Å². The summed E-state index contributed by atoms with van der Waals surface area (Å²) in [6, 6.07) is 0. The van der Waals surface area contributed by atoms with Gasteiger partial charge in [0, 0.05) is 19.3 Å². The van der Waals surface area contributed by atoms with E-state index in [0.29, 0.717) is 18.7 Å². The molecule has 0 aliphatic carbocycles. The number of nitrogens with zero attached hydrogens (tertiary/aromatic N) is 1. The second-order valence-corrected chi connectivity index (χ2v) is 6.83. The topological polar surface area (TPSA) is 32.3 Å². The van der Waals surface area contributed by atoms with E-state index in [9.17, 15) is 18.0 Å². The molecule has 1 amide bonds. The van der Waals surface area contributed by atoms with Crippen LogP contribution in [0.4, 0.5) is 13.2 Å². The van der Waals surface area contributed by atoms with Crippen LogP contribution in [0.15, 0.2) is 95.0 Å². The lowest BCUT2D eigenvalue weighted by atomic mass is 10.0. The summed E-state index contributed by atoms with van der Waals surface area (Å²) in [7, 11) is 1.84. The second kappa shape index (κ2) is 12.7. The van der Waals surface area contributed by atoms with Gasteiger partial charge in [0.2, 0.25) is 0 Å². The largest absolute Gasteiger partial charge is 0.374 e. The van der Waals surface area contributed by atoms with Crippen molar-refractivity contribution in [1.82, 2.24) is 10.2 Å². The van der Waals surface area contributed by atoms with Gasteiger partial charge in [-0.3, -0.25) is 4.79 Å². The van der Waals surface area contributed by atoms with Gasteiger partial charge in [0.15, 0.2) is 0 Å². The number of carbonyl (C=O) groups is 1. The molecule has 0 spiro atoms. The predicted molar refractivity (Wildman–Crippen MR) is 116 cm³/mol. The van der Waals surface area contributed by atoms with Gasteiger partial charge in [-0.25, -0.2) is 13.2 Å². The molecule has 0 fully saturated rings. The molecule has 0 aromatic heterocycles. The summed E-state index contributed by atoms with van der Waals surface area (Å²) in [5, 5.41) is 2.23. The molecule has 0 saturated carbocycles. The fourth-order valence-electron chi connectivity index (χ4n) is 2.34. The average molecular weight is 423 g/mol. The third-order valence-electron chi connectivity index (χ3n) is 3.88. The molecule has 0 bridgehead atoms. The first kappa shape index (κ1) is 24.4. The Balaban J connectivity index is 3.10. The van der Waals surface area contributed by atoms with Gasteiger partial charge in [0.25, 0.3) is 5.91 Å². The quantitative estimate of drug-likeness (QED) is 0.398. The third kappa shape index (κ3) is 8.07. The number of rotatable bonds is 8. The Morgan fingerprint density at radius 2 is 2.07 bits per heavy atom. The molecule has 1 aliphatic rings. The molecule has 7 heteroatoms. The summed E-state index contributed by atoms with van der Waals surface area (Å²) < 4.78 is 40.7.